The van der Waals surface area contributed by atoms with Gasteiger partial charge in [-0.25, -0.2) is 0 Å². The van der Waals surface area contributed by atoms with Crippen LogP contribution in [0.15, 0.2) is 30.6 Å². The minimum atomic E-state index is -0.0502. The number of rotatable bonds is 5. The molecule has 132 valence electrons. The normalized spacial score (nSPS) is 19.6. The van der Waals surface area contributed by atoms with Gasteiger partial charge in [0.15, 0.2) is 0 Å². The fourth-order valence-corrected chi connectivity index (χ4v) is 3.32. The molecule has 2 aromatic heterocycles. The lowest BCUT2D eigenvalue weighted by Crippen LogP contribution is -2.42. The molecular weight excluding hydrogens is 316 g/mol. The van der Waals surface area contributed by atoms with Crippen molar-refractivity contribution in [1.82, 2.24) is 20.1 Å². The minimum absolute atomic E-state index is 0.0502. The molecule has 1 saturated heterocycles. The van der Waals surface area contributed by atoms with Crippen LogP contribution in [0.2, 0.25) is 0 Å². The summed E-state index contributed by atoms with van der Waals surface area (Å²) in [5, 5.41) is 6.83. The second-order valence-corrected chi connectivity index (χ2v) is 7.46. The van der Waals surface area contributed by atoms with Crippen molar-refractivity contribution in [2.75, 3.05) is 19.7 Å². The Morgan fingerprint density at radius 2 is 2.12 bits per heavy atom. The lowest BCUT2D eigenvalue weighted by Gasteiger charge is -2.33. The van der Waals surface area contributed by atoms with E-state index < -0.39 is 0 Å². The van der Waals surface area contributed by atoms with Gasteiger partial charge in [0.2, 0.25) is 5.91 Å². The maximum Gasteiger partial charge on any atom is 0.228 e. The molecule has 1 aliphatic carbocycles. The van der Waals surface area contributed by atoms with E-state index in [9.17, 15) is 4.79 Å². The van der Waals surface area contributed by atoms with Crippen LogP contribution in [0.3, 0.4) is 0 Å². The van der Waals surface area contributed by atoms with E-state index >= 15 is 0 Å². The highest BCUT2D eigenvalue weighted by Gasteiger charge is 2.47. The number of ether oxygens (including phenoxy) is 1. The van der Waals surface area contributed by atoms with E-state index in [-0.39, 0.29) is 5.41 Å². The zero-order chi connectivity index (χ0) is 17.3. The van der Waals surface area contributed by atoms with Crippen molar-refractivity contribution < 1.29 is 9.53 Å². The first-order valence-corrected chi connectivity index (χ1v) is 9.02. The van der Waals surface area contributed by atoms with Crippen LogP contribution in [0.4, 0.5) is 0 Å². The van der Waals surface area contributed by atoms with Crippen molar-refractivity contribution in [2.24, 2.45) is 11.3 Å². The number of nitrogens with zero attached hydrogens (tertiary/aromatic N) is 3. The molecule has 0 atom stereocenters. The number of aromatic amines is 1. The predicted octanol–water partition coefficient (Wildman–Crippen LogP) is 2.89. The molecule has 0 bridgehead atoms. The van der Waals surface area contributed by atoms with Crippen molar-refractivity contribution in [3.05, 3.63) is 30.6 Å². The van der Waals surface area contributed by atoms with Crippen LogP contribution in [0, 0.1) is 11.3 Å². The van der Waals surface area contributed by atoms with E-state index in [2.05, 4.69) is 22.1 Å². The second-order valence-electron chi connectivity index (χ2n) is 7.46. The number of aromatic nitrogens is 3. The van der Waals surface area contributed by atoms with Gasteiger partial charge in [0, 0.05) is 24.7 Å². The molecule has 1 N–H and O–H groups in total. The Bertz CT molecular complexity index is 714. The maximum atomic E-state index is 12.4. The van der Waals surface area contributed by atoms with Crippen molar-refractivity contribution in [3.8, 4) is 17.1 Å². The lowest BCUT2D eigenvalue weighted by atomic mass is 9.96. The van der Waals surface area contributed by atoms with Gasteiger partial charge in [-0.05, 0) is 49.8 Å². The molecule has 4 rings (SSSR count). The first kappa shape index (κ1) is 16.1. The Hall–Kier alpha value is -2.37. The summed E-state index contributed by atoms with van der Waals surface area (Å²) < 4.78 is 5.90. The third-order valence-corrected chi connectivity index (χ3v) is 5.42. The molecule has 2 fully saturated rings. The largest absolute Gasteiger partial charge is 0.492 e. The number of hydrogen-bond acceptors (Lipinski definition) is 4. The molecule has 1 saturated carbocycles. The molecule has 2 aromatic rings. The van der Waals surface area contributed by atoms with E-state index in [0.717, 1.165) is 55.9 Å². The molecule has 0 unspecified atom stereocenters. The zero-order valence-corrected chi connectivity index (χ0v) is 14.6. The number of hydrogen-bond donors (Lipinski definition) is 1. The predicted molar refractivity (Wildman–Crippen MR) is 94.0 cm³/mol. The number of carbonyl (C=O) groups is 1. The Morgan fingerprint density at radius 1 is 1.32 bits per heavy atom. The van der Waals surface area contributed by atoms with E-state index in [1.807, 2.05) is 23.1 Å². The van der Waals surface area contributed by atoms with Gasteiger partial charge in [-0.15, -0.1) is 0 Å². The number of amides is 1. The van der Waals surface area contributed by atoms with Crippen LogP contribution in [0.25, 0.3) is 11.4 Å². The fourth-order valence-electron chi connectivity index (χ4n) is 3.32. The summed E-state index contributed by atoms with van der Waals surface area (Å²) >= 11 is 0. The highest BCUT2D eigenvalue weighted by atomic mass is 16.5. The Balaban J connectivity index is 1.25. The van der Waals surface area contributed by atoms with Crippen LogP contribution in [0.5, 0.6) is 5.75 Å². The molecule has 2 aliphatic rings. The van der Waals surface area contributed by atoms with Gasteiger partial charge in [-0.2, -0.15) is 5.10 Å². The smallest absolute Gasteiger partial charge is 0.228 e. The Morgan fingerprint density at radius 3 is 2.72 bits per heavy atom. The van der Waals surface area contributed by atoms with E-state index in [4.69, 9.17) is 4.74 Å². The molecule has 25 heavy (non-hydrogen) atoms. The summed E-state index contributed by atoms with van der Waals surface area (Å²) in [6.07, 6.45) is 7.60. The number of piperidine rings is 1. The van der Waals surface area contributed by atoms with Crippen LogP contribution < -0.4 is 4.74 Å². The first-order valence-electron chi connectivity index (χ1n) is 9.02. The number of likely N-dealkylation sites (tertiary alicyclic amines) is 1. The van der Waals surface area contributed by atoms with Crippen molar-refractivity contribution in [3.63, 3.8) is 0 Å². The topological polar surface area (TPSA) is 71.1 Å². The third-order valence-electron chi connectivity index (χ3n) is 5.42. The molecule has 6 heteroatoms. The SMILES string of the molecule is CC1(C(=O)N2CCC(COc3ccc(-c4ccn[nH]4)nc3)CC2)CC1. The fraction of sp³-hybridized carbons (Fsp3) is 0.526. The van der Waals surface area contributed by atoms with E-state index in [1.165, 1.54) is 0 Å². The second kappa shape index (κ2) is 6.50. The van der Waals surface area contributed by atoms with Gasteiger partial charge in [0.1, 0.15) is 5.75 Å². The summed E-state index contributed by atoms with van der Waals surface area (Å²) in [6, 6.07) is 5.76. The number of H-pyrrole nitrogens is 1. The lowest BCUT2D eigenvalue weighted by molar-refractivity contribution is -0.137. The molecule has 1 amide bonds. The van der Waals surface area contributed by atoms with Crippen LogP contribution in [-0.4, -0.2) is 45.7 Å². The molecule has 0 spiro atoms. The molecule has 0 aromatic carbocycles. The van der Waals surface area contributed by atoms with E-state index in [0.29, 0.717) is 18.4 Å². The van der Waals surface area contributed by atoms with Gasteiger partial charge < -0.3 is 9.64 Å². The third kappa shape index (κ3) is 3.52. The number of nitrogens with one attached hydrogen (secondary N) is 1. The number of pyridine rings is 1. The average molecular weight is 340 g/mol. The molecule has 3 heterocycles. The molecule has 0 radical (unpaired) electrons. The number of carbonyl (C=O) groups excluding carboxylic acids is 1. The molecule has 1 aliphatic heterocycles. The van der Waals surface area contributed by atoms with E-state index in [1.54, 1.807) is 12.4 Å². The maximum absolute atomic E-state index is 12.4. The van der Waals surface area contributed by atoms with Crippen molar-refractivity contribution in [1.29, 1.82) is 0 Å². The Labute approximate surface area is 147 Å². The van der Waals surface area contributed by atoms with Gasteiger partial charge in [-0.1, -0.05) is 6.92 Å². The molecular formula is C19H24N4O2. The highest BCUT2D eigenvalue weighted by molar-refractivity contribution is 5.84. The standard InChI is InChI=1S/C19H24N4O2/c1-19(7-8-19)18(24)23-10-5-14(6-11-23)13-25-15-2-3-16(20-12-15)17-4-9-21-22-17/h2-4,9,12,14H,5-8,10-11,13H2,1H3,(H,21,22). The van der Waals surface area contributed by atoms with Gasteiger partial charge >= 0.3 is 0 Å². The Kier molecular flexibility index (Phi) is 4.19. The van der Waals surface area contributed by atoms with Crippen LogP contribution >= 0.6 is 0 Å². The first-order chi connectivity index (χ1) is 12.1. The minimum Gasteiger partial charge on any atom is -0.492 e. The molecule has 6 nitrogen and oxygen atoms in total. The monoisotopic (exact) mass is 340 g/mol. The van der Waals surface area contributed by atoms with Crippen LogP contribution in [-0.2, 0) is 4.79 Å². The van der Waals surface area contributed by atoms with Gasteiger partial charge in [0.25, 0.3) is 0 Å². The highest BCUT2D eigenvalue weighted by Crippen LogP contribution is 2.46. The van der Waals surface area contributed by atoms with Gasteiger partial charge in [-0.3, -0.25) is 14.9 Å². The summed E-state index contributed by atoms with van der Waals surface area (Å²) in [5.41, 5.74) is 1.70. The van der Waals surface area contributed by atoms with Crippen molar-refractivity contribution >= 4 is 5.91 Å². The average Bonchev–Trinajstić information content (AvgIpc) is 3.18. The summed E-state index contributed by atoms with van der Waals surface area (Å²) in [4.78, 5) is 18.8. The summed E-state index contributed by atoms with van der Waals surface area (Å²) in [5.74, 6) is 1.64. The van der Waals surface area contributed by atoms with Crippen molar-refractivity contribution in [2.45, 2.75) is 32.6 Å². The van der Waals surface area contributed by atoms with Crippen LogP contribution in [0.1, 0.15) is 32.6 Å². The quantitative estimate of drug-likeness (QED) is 0.908. The van der Waals surface area contributed by atoms with Gasteiger partial charge in [0.05, 0.1) is 24.2 Å². The summed E-state index contributed by atoms with van der Waals surface area (Å²) in [7, 11) is 0. The summed E-state index contributed by atoms with van der Waals surface area (Å²) in [6.45, 7) is 4.49. The zero-order valence-electron chi connectivity index (χ0n) is 14.6.